The number of para-hydroxylation sites is 1. The van der Waals surface area contributed by atoms with Crippen LogP contribution in [0.15, 0.2) is 41.0 Å². The van der Waals surface area contributed by atoms with E-state index in [-0.39, 0.29) is 5.91 Å². The van der Waals surface area contributed by atoms with E-state index in [1.54, 1.807) is 19.4 Å². The highest BCUT2D eigenvalue weighted by atomic mass is 79.9. The van der Waals surface area contributed by atoms with Crippen molar-refractivity contribution in [1.29, 1.82) is 0 Å². The van der Waals surface area contributed by atoms with E-state index in [2.05, 4.69) is 36.5 Å². The topological polar surface area (TPSA) is 76.1 Å². The van der Waals surface area contributed by atoms with Gasteiger partial charge in [0.25, 0.3) is 5.91 Å². The maximum Gasteiger partial charge on any atom is 0.270 e. The maximum absolute atomic E-state index is 12.0. The molecule has 0 unspecified atom stereocenters. The molecule has 0 atom stereocenters. The molecule has 0 aliphatic carbocycles. The van der Waals surface area contributed by atoms with Crippen LogP contribution in [0.5, 0.6) is 0 Å². The first kappa shape index (κ1) is 16.4. The first-order valence-corrected chi connectivity index (χ1v) is 7.61. The molecule has 0 aliphatic rings. The van der Waals surface area contributed by atoms with Gasteiger partial charge in [-0.1, -0.05) is 12.1 Å². The molecular formula is C15H17BrN4O2. The molecule has 2 aromatic rings. The molecule has 1 heterocycles. The van der Waals surface area contributed by atoms with Gasteiger partial charge in [-0.2, -0.15) is 0 Å². The highest BCUT2D eigenvalue weighted by Gasteiger charge is 2.09. The largest absolute Gasteiger partial charge is 0.385 e. The molecule has 0 aliphatic heterocycles. The van der Waals surface area contributed by atoms with Crippen LogP contribution < -0.4 is 10.6 Å². The van der Waals surface area contributed by atoms with E-state index in [9.17, 15) is 4.79 Å². The lowest BCUT2D eigenvalue weighted by Crippen LogP contribution is -2.26. The Kier molecular flexibility index (Phi) is 6.29. The summed E-state index contributed by atoms with van der Waals surface area (Å²) >= 11 is 3.44. The minimum Gasteiger partial charge on any atom is -0.385 e. The zero-order valence-corrected chi connectivity index (χ0v) is 13.8. The lowest BCUT2D eigenvalue weighted by Gasteiger charge is -2.08. The number of carbonyl (C=O) groups is 1. The first-order valence-electron chi connectivity index (χ1n) is 6.82. The SMILES string of the molecule is COCCCNC(=O)c1ccnc(Nc2ccccc2Br)n1. The molecular weight excluding hydrogens is 348 g/mol. The Bertz CT molecular complexity index is 636. The molecule has 7 heteroatoms. The van der Waals surface area contributed by atoms with Crippen molar-refractivity contribution in [2.75, 3.05) is 25.6 Å². The highest BCUT2D eigenvalue weighted by molar-refractivity contribution is 9.10. The van der Waals surface area contributed by atoms with Gasteiger partial charge in [0.15, 0.2) is 0 Å². The molecule has 1 amide bonds. The summed E-state index contributed by atoms with van der Waals surface area (Å²) in [7, 11) is 1.63. The number of methoxy groups -OCH3 is 1. The van der Waals surface area contributed by atoms with Crippen molar-refractivity contribution >= 4 is 33.5 Å². The molecule has 1 aromatic heterocycles. The van der Waals surface area contributed by atoms with Gasteiger partial charge in [0.05, 0.1) is 5.69 Å². The van der Waals surface area contributed by atoms with Crippen LogP contribution in [0.2, 0.25) is 0 Å². The predicted octanol–water partition coefficient (Wildman–Crippen LogP) is 2.75. The number of nitrogens with one attached hydrogen (secondary N) is 2. The minimum atomic E-state index is -0.228. The fourth-order valence-corrected chi connectivity index (χ4v) is 2.12. The Balaban J connectivity index is 2.00. The quantitative estimate of drug-likeness (QED) is 0.738. The van der Waals surface area contributed by atoms with Crippen LogP contribution in [0, 0.1) is 0 Å². The summed E-state index contributed by atoms with van der Waals surface area (Å²) in [4.78, 5) is 20.3. The third kappa shape index (κ3) is 4.78. The number of ether oxygens (including phenoxy) is 1. The van der Waals surface area contributed by atoms with Gasteiger partial charge in [-0.15, -0.1) is 0 Å². The van der Waals surface area contributed by atoms with Crippen molar-refractivity contribution < 1.29 is 9.53 Å². The summed E-state index contributed by atoms with van der Waals surface area (Å²) < 4.78 is 5.83. The van der Waals surface area contributed by atoms with E-state index < -0.39 is 0 Å². The van der Waals surface area contributed by atoms with Gasteiger partial charge >= 0.3 is 0 Å². The lowest BCUT2D eigenvalue weighted by molar-refractivity contribution is 0.0943. The molecule has 6 nitrogen and oxygen atoms in total. The van der Waals surface area contributed by atoms with Crippen molar-refractivity contribution in [3.8, 4) is 0 Å². The number of hydrogen-bond acceptors (Lipinski definition) is 5. The molecule has 1 aromatic carbocycles. The predicted molar refractivity (Wildman–Crippen MR) is 88.3 cm³/mol. The summed E-state index contributed by atoms with van der Waals surface area (Å²) in [6.45, 7) is 1.16. The molecule has 0 radical (unpaired) electrons. The first-order chi connectivity index (χ1) is 10.7. The molecule has 22 heavy (non-hydrogen) atoms. The molecule has 2 N–H and O–H groups in total. The summed E-state index contributed by atoms with van der Waals surface area (Å²) in [5.74, 6) is 0.144. The number of carbonyl (C=O) groups excluding carboxylic acids is 1. The van der Waals surface area contributed by atoms with Crippen LogP contribution in [0.4, 0.5) is 11.6 Å². The number of hydrogen-bond donors (Lipinski definition) is 2. The third-order valence-electron chi connectivity index (χ3n) is 2.82. The average molecular weight is 365 g/mol. The molecule has 0 spiro atoms. The van der Waals surface area contributed by atoms with Gasteiger partial charge < -0.3 is 15.4 Å². The minimum absolute atomic E-state index is 0.228. The Morgan fingerprint density at radius 3 is 2.91 bits per heavy atom. The maximum atomic E-state index is 12.0. The molecule has 0 saturated heterocycles. The number of anilines is 2. The van der Waals surface area contributed by atoms with E-state index >= 15 is 0 Å². The van der Waals surface area contributed by atoms with Crippen LogP contribution in [-0.4, -0.2) is 36.1 Å². The summed E-state index contributed by atoms with van der Waals surface area (Å²) in [6, 6.07) is 9.20. The van der Waals surface area contributed by atoms with Crippen LogP contribution in [0.1, 0.15) is 16.9 Å². The molecule has 116 valence electrons. The van der Waals surface area contributed by atoms with Crippen LogP contribution in [-0.2, 0) is 4.74 Å². The van der Waals surface area contributed by atoms with Crippen LogP contribution >= 0.6 is 15.9 Å². The van der Waals surface area contributed by atoms with E-state index in [4.69, 9.17) is 4.74 Å². The van der Waals surface area contributed by atoms with Gasteiger partial charge in [0.2, 0.25) is 5.95 Å². The van der Waals surface area contributed by atoms with Gasteiger partial charge in [0, 0.05) is 30.9 Å². The smallest absolute Gasteiger partial charge is 0.270 e. The number of nitrogens with zero attached hydrogens (tertiary/aromatic N) is 2. The lowest BCUT2D eigenvalue weighted by atomic mass is 10.3. The monoisotopic (exact) mass is 364 g/mol. The Morgan fingerprint density at radius 2 is 2.14 bits per heavy atom. The van der Waals surface area contributed by atoms with Crippen LogP contribution in [0.3, 0.4) is 0 Å². The Labute approximate surface area is 137 Å². The number of rotatable bonds is 7. The van der Waals surface area contributed by atoms with Gasteiger partial charge in [-0.25, -0.2) is 9.97 Å². The molecule has 2 rings (SSSR count). The average Bonchev–Trinajstić information content (AvgIpc) is 2.54. The second-order valence-corrected chi connectivity index (χ2v) is 5.33. The summed E-state index contributed by atoms with van der Waals surface area (Å²) in [6.07, 6.45) is 2.31. The van der Waals surface area contributed by atoms with Crippen molar-refractivity contribution in [2.24, 2.45) is 0 Å². The standard InChI is InChI=1S/C15H17BrN4O2/c1-22-10-4-8-17-14(21)13-7-9-18-15(20-13)19-12-6-3-2-5-11(12)16/h2-3,5-7,9H,4,8,10H2,1H3,(H,17,21)(H,18,19,20). The van der Waals surface area contributed by atoms with Crippen molar-refractivity contribution in [2.45, 2.75) is 6.42 Å². The summed E-state index contributed by atoms with van der Waals surface area (Å²) in [5.41, 5.74) is 1.15. The zero-order chi connectivity index (χ0) is 15.8. The number of benzene rings is 1. The van der Waals surface area contributed by atoms with Crippen molar-refractivity contribution in [1.82, 2.24) is 15.3 Å². The fraction of sp³-hybridized carbons (Fsp3) is 0.267. The van der Waals surface area contributed by atoms with Crippen LogP contribution in [0.25, 0.3) is 0 Å². The Morgan fingerprint density at radius 1 is 1.32 bits per heavy atom. The molecule has 0 bridgehead atoms. The van der Waals surface area contributed by atoms with Gasteiger partial charge in [-0.05, 0) is 40.5 Å². The van der Waals surface area contributed by atoms with E-state index in [1.165, 1.54) is 0 Å². The molecule has 0 saturated carbocycles. The number of aromatic nitrogens is 2. The third-order valence-corrected chi connectivity index (χ3v) is 3.51. The highest BCUT2D eigenvalue weighted by Crippen LogP contribution is 2.23. The van der Waals surface area contributed by atoms with Crippen molar-refractivity contribution in [3.63, 3.8) is 0 Å². The van der Waals surface area contributed by atoms with Crippen molar-refractivity contribution in [3.05, 3.63) is 46.7 Å². The number of halogens is 1. The zero-order valence-electron chi connectivity index (χ0n) is 12.2. The summed E-state index contributed by atoms with van der Waals surface area (Å²) in [5, 5.41) is 5.86. The van der Waals surface area contributed by atoms with Gasteiger partial charge in [0.1, 0.15) is 5.69 Å². The van der Waals surface area contributed by atoms with E-state index in [0.717, 1.165) is 16.6 Å². The molecule has 0 fully saturated rings. The normalized spacial score (nSPS) is 10.3. The second kappa shape index (κ2) is 8.45. The van der Waals surface area contributed by atoms with E-state index in [1.807, 2.05) is 24.3 Å². The second-order valence-electron chi connectivity index (χ2n) is 4.47. The van der Waals surface area contributed by atoms with Gasteiger partial charge in [-0.3, -0.25) is 4.79 Å². The fourth-order valence-electron chi connectivity index (χ4n) is 1.74. The number of amides is 1. The van der Waals surface area contributed by atoms with E-state index in [0.29, 0.717) is 24.8 Å². The Hall–Kier alpha value is -1.99.